The first-order valence-electron chi connectivity index (χ1n) is 9.07. The molecule has 148 valence electrons. The lowest BCUT2D eigenvalue weighted by molar-refractivity contribution is -0.137. The molecule has 1 aliphatic rings. The predicted octanol–water partition coefficient (Wildman–Crippen LogP) is 3.79. The fourth-order valence-electron chi connectivity index (χ4n) is 3.50. The molecule has 29 heavy (non-hydrogen) atoms. The van der Waals surface area contributed by atoms with Crippen LogP contribution >= 0.6 is 0 Å². The lowest BCUT2D eigenvalue weighted by atomic mass is 9.98. The summed E-state index contributed by atoms with van der Waals surface area (Å²) in [5.41, 5.74) is 0.181. The summed E-state index contributed by atoms with van der Waals surface area (Å²) < 4.78 is 40.9. The van der Waals surface area contributed by atoms with Crippen molar-refractivity contribution in [2.24, 2.45) is 5.92 Å². The topological polar surface area (TPSA) is 74.3 Å². The van der Waals surface area contributed by atoms with Gasteiger partial charge in [0.1, 0.15) is 0 Å². The molecule has 0 aliphatic carbocycles. The molecule has 9 heteroatoms. The molecule has 0 spiro atoms. The van der Waals surface area contributed by atoms with E-state index in [1.165, 1.54) is 24.5 Å². The number of carbonyl (C=O) groups excluding carboxylic acids is 1. The first kappa shape index (κ1) is 18.9. The number of hydrogen-bond donors (Lipinski definition) is 0. The second kappa shape index (κ2) is 7.20. The smallest absolute Gasteiger partial charge is 0.336 e. The number of carbonyl (C=O) groups is 1. The Morgan fingerprint density at radius 2 is 2.00 bits per heavy atom. The number of halogens is 3. The van der Waals surface area contributed by atoms with Gasteiger partial charge in [-0.3, -0.25) is 14.2 Å². The van der Waals surface area contributed by atoms with Gasteiger partial charge >= 0.3 is 6.18 Å². The van der Waals surface area contributed by atoms with Gasteiger partial charge in [0, 0.05) is 37.0 Å². The standard InChI is InChI=1S/C20H16F3N5O/c21-20(22,23)15-3-1-2-14(10-15)17-16-12-25-6-9-28(16)18(26-17)19(29)27-7-4-13(11-24)5-8-27/h1-3,6,9-10,12-13H,4-5,7-8H2. The monoisotopic (exact) mass is 399 g/mol. The van der Waals surface area contributed by atoms with E-state index in [4.69, 9.17) is 5.26 Å². The van der Waals surface area contributed by atoms with Crippen LogP contribution < -0.4 is 0 Å². The van der Waals surface area contributed by atoms with E-state index in [9.17, 15) is 18.0 Å². The molecule has 4 rings (SSSR count). The minimum absolute atomic E-state index is 0.0686. The number of hydrogen-bond acceptors (Lipinski definition) is 4. The Balaban J connectivity index is 1.75. The van der Waals surface area contributed by atoms with Crippen molar-refractivity contribution in [3.8, 4) is 17.3 Å². The van der Waals surface area contributed by atoms with E-state index in [1.807, 2.05) is 0 Å². The predicted molar refractivity (Wildman–Crippen MR) is 97.7 cm³/mol. The highest BCUT2D eigenvalue weighted by Crippen LogP contribution is 2.33. The zero-order valence-electron chi connectivity index (χ0n) is 15.2. The van der Waals surface area contributed by atoms with Crippen molar-refractivity contribution < 1.29 is 18.0 Å². The van der Waals surface area contributed by atoms with E-state index >= 15 is 0 Å². The largest absolute Gasteiger partial charge is 0.416 e. The Kier molecular flexibility index (Phi) is 4.70. The van der Waals surface area contributed by atoms with Gasteiger partial charge in [-0.15, -0.1) is 0 Å². The average Bonchev–Trinajstić information content (AvgIpc) is 3.12. The third-order valence-electron chi connectivity index (χ3n) is 5.07. The molecule has 0 N–H and O–H groups in total. The van der Waals surface area contributed by atoms with Gasteiger partial charge in [0.25, 0.3) is 5.91 Å². The number of aromatic nitrogens is 3. The lowest BCUT2D eigenvalue weighted by Gasteiger charge is -2.28. The highest BCUT2D eigenvalue weighted by molar-refractivity contribution is 5.94. The zero-order valence-corrected chi connectivity index (χ0v) is 15.2. The number of benzene rings is 1. The molecule has 1 amide bonds. The maximum absolute atomic E-state index is 13.1. The minimum Gasteiger partial charge on any atom is -0.336 e. The molecule has 0 bridgehead atoms. The van der Waals surface area contributed by atoms with Gasteiger partial charge in [0.2, 0.25) is 5.82 Å². The molecule has 0 saturated carbocycles. The van der Waals surface area contributed by atoms with E-state index in [0.717, 1.165) is 12.1 Å². The van der Waals surface area contributed by atoms with Crippen LogP contribution in [0.25, 0.3) is 16.8 Å². The fourth-order valence-corrected chi connectivity index (χ4v) is 3.50. The molecule has 3 heterocycles. The average molecular weight is 399 g/mol. The van der Waals surface area contributed by atoms with E-state index in [0.29, 0.717) is 31.4 Å². The van der Waals surface area contributed by atoms with Gasteiger partial charge in [0.15, 0.2) is 0 Å². The van der Waals surface area contributed by atoms with Crippen molar-refractivity contribution in [1.29, 1.82) is 5.26 Å². The Bertz CT molecular complexity index is 1110. The Hall–Kier alpha value is -3.41. The molecule has 0 unspecified atom stereocenters. The summed E-state index contributed by atoms with van der Waals surface area (Å²) in [6.07, 6.45) is 1.23. The van der Waals surface area contributed by atoms with Crippen LogP contribution in [0.15, 0.2) is 42.9 Å². The first-order chi connectivity index (χ1) is 13.9. The molecule has 0 radical (unpaired) electrons. The number of amides is 1. The van der Waals surface area contributed by atoms with Crippen molar-refractivity contribution in [2.45, 2.75) is 19.0 Å². The van der Waals surface area contributed by atoms with Gasteiger partial charge in [-0.05, 0) is 25.0 Å². The summed E-state index contributed by atoms with van der Waals surface area (Å²) in [6, 6.07) is 7.06. The fraction of sp³-hybridized carbons (Fsp3) is 0.300. The SMILES string of the molecule is N#CC1CCN(C(=O)c2nc(-c3cccc(C(F)(F)F)c3)c3cnccn23)CC1. The third kappa shape index (κ3) is 3.53. The maximum Gasteiger partial charge on any atom is 0.416 e. The highest BCUT2D eigenvalue weighted by atomic mass is 19.4. The Morgan fingerprint density at radius 3 is 2.69 bits per heavy atom. The third-order valence-corrected chi connectivity index (χ3v) is 5.07. The number of piperidine rings is 1. The Morgan fingerprint density at radius 1 is 1.24 bits per heavy atom. The number of rotatable bonds is 2. The normalized spacial score (nSPS) is 15.4. The summed E-state index contributed by atoms with van der Waals surface area (Å²) in [4.78, 5) is 23.1. The molecule has 1 aliphatic heterocycles. The molecular formula is C20H16F3N5O. The number of nitriles is 1. The van der Waals surface area contributed by atoms with E-state index in [-0.39, 0.29) is 28.9 Å². The van der Waals surface area contributed by atoms with Crippen LogP contribution in [0.5, 0.6) is 0 Å². The van der Waals surface area contributed by atoms with Crippen LogP contribution in [0.3, 0.4) is 0 Å². The molecule has 6 nitrogen and oxygen atoms in total. The first-order valence-corrected chi connectivity index (χ1v) is 9.07. The van der Waals surface area contributed by atoms with Gasteiger partial charge in [-0.25, -0.2) is 4.98 Å². The van der Waals surface area contributed by atoms with Gasteiger partial charge in [0.05, 0.1) is 29.0 Å². The number of nitrogens with zero attached hydrogens (tertiary/aromatic N) is 5. The lowest BCUT2D eigenvalue weighted by Crippen LogP contribution is -2.39. The van der Waals surface area contributed by atoms with E-state index in [1.54, 1.807) is 15.5 Å². The molecule has 1 aromatic carbocycles. The zero-order chi connectivity index (χ0) is 20.6. The molecule has 0 atom stereocenters. The number of alkyl halides is 3. The van der Waals surface area contributed by atoms with Gasteiger partial charge in [-0.1, -0.05) is 12.1 Å². The summed E-state index contributed by atoms with van der Waals surface area (Å²) >= 11 is 0. The second-order valence-electron chi connectivity index (χ2n) is 6.89. The summed E-state index contributed by atoms with van der Waals surface area (Å²) in [5, 5.41) is 9.03. The molecular weight excluding hydrogens is 383 g/mol. The van der Waals surface area contributed by atoms with Crippen LogP contribution in [-0.2, 0) is 6.18 Å². The van der Waals surface area contributed by atoms with Gasteiger partial charge in [-0.2, -0.15) is 18.4 Å². The number of likely N-dealkylation sites (tertiary alicyclic amines) is 1. The quantitative estimate of drug-likeness (QED) is 0.657. The molecule has 1 fully saturated rings. The number of fused-ring (bicyclic) bond motifs is 1. The van der Waals surface area contributed by atoms with Crippen molar-refractivity contribution in [1.82, 2.24) is 19.3 Å². The van der Waals surface area contributed by atoms with Crippen LogP contribution in [0.2, 0.25) is 0 Å². The van der Waals surface area contributed by atoms with Gasteiger partial charge < -0.3 is 4.90 Å². The summed E-state index contributed by atoms with van der Waals surface area (Å²) in [5.74, 6) is -0.271. The van der Waals surface area contributed by atoms with E-state index < -0.39 is 11.7 Å². The molecule has 1 saturated heterocycles. The van der Waals surface area contributed by atoms with Crippen LogP contribution in [0.1, 0.15) is 29.0 Å². The number of imidazole rings is 1. The van der Waals surface area contributed by atoms with Crippen LogP contribution in [-0.4, -0.2) is 38.3 Å². The highest BCUT2D eigenvalue weighted by Gasteiger charge is 2.31. The van der Waals surface area contributed by atoms with Crippen LogP contribution in [0.4, 0.5) is 13.2 Å². The van der Waals surface area contributed by atoms with Crippen molar-refractivity contribution in [3.05, 3.63) is 54.2 Å². The van der Waals surface area contributed by atoms with Crippen LogP contribution in [0, 0.1) is 17.2 Å². The molecule has 3 aromatic rings. The summed E-state index contributed by atoms with van der Waals surface area (Å²) in [6.45, 7) is 0.881. The second-order valence-corrected chi connectivity index (χ2v) is 6.89. The summed E-state index contributed by atoms with van der Waals surface area (Å²) in [7, 11) is 0. The van der Waals surface area contributed by atoms with Crippen molar-refractivity contribution in [3.63, 3.8) is 0 Å². The molecule has 2 aromatic heterocycles. The minimum atomic E-state index is -4.48. The van der Waals surface area contributed by atoms with Crippen molar-refractivity contribution >= 4 is 11.4 Å². The van der Waals surface area contributed by atoms with Crippen molar-refractivity contribution in [2.75, 3.05) is 13.1 Å². The van der Waals surface area contributed by atoms with E-state index in [2.05, 4.69) is 16.0 Å². The maximum atomic E-state index is 13.1. The Labute approximate surface area is 164 Å².